The van der Waals surface area contributed by atoms with Gasteiger partial charge in [0.2, 0.25) is 0 Å². The van der Waals surface area contributed by atoms with Crippen LogP contribution in [-0.2, 0) is 0 Å². The molecule has 25 heavy (non-hydrogen) atoms. The van der Waals surface area contributed by atoms with E-state index in [1.165, 1.54) is 29.4 Å². The maximum Gasteiger partial charge on any atom is -0.0175 e. The Kier molecular flexibility index (Phi) is 7.25. The van der Waals surface area contributed by atoms with Crippen molar-refractivity contribution in [1.82, 2.24) is 0 Å². The summed E-state index contributed by atoms with van der Waals surface area (Å²) in [5.41, 5.74) is 0. The predicted octanol–water partition coefficient (Wildman–Crippen LogP) is 6.59. The number of hydrogen-bond donors (Lipinski definition) is 0. The van der Waals surface area contributed by atoms with Crippen molar-refractivity contribution in [2.45, 2.75) is 58.3 Å². The lowest BCUT2D eigenvalue weighted by molar-refractivity contribution is 0.701. The highest BCUT2D eigenvalue weighted by Gasteiger charge is 2.33. The highest BCUT2D eigenvalue weighted by molar-refractivity contribution is 7.73. The van der Waals surface area contributed by atoms with Crippen LogP contribution in [0.4, 0.5) is 0 Å². The highest BCUT2D eigenvalue weighted by atomic mass is 31.1. The summed E-state index contributed by atoms with van der Waals surface area (Å²) >= 11 is 0. The Morgan fingerprint density at radius 2 is 1.00 bits per heavy atom. The molecule has 2 aromatic carbocycles. The van der Waals surface area contributed by atoms with Gasteiger partial charge < -0.3 is 0 Å². The van der Waals surface area contributed by atoms with Crippen LogP contribution >= 0.6 is 15.8 Å². The Labute approximate surface area is 158 Å². The molecule has 0 saturated heterocycles. The van der Waals surface area contributed by atoms with E-state index in [2.05, 4.69) is 102 Å². The molecule has 0 nitrogen and oxygen atoms in total. The minimum absolute atomic E-state index is 0.000840. The first-order valence-electron chi connectivity index (χ1n) is 9.35. The van der Waals surface area contributed by atoms with Gasteiger partial charge in [-0.3, -0.25) is 0 Å². The summed E-state index contributed by atoms with van der Waals surface area (Å²) < 4.78 is 0. The van der Waals surface area contributed by atoms with Crippen molar-refractivity contribution in [1.29, 1.82) is 0 Å². The van der Waals surface area contributed by atoms with E-state index in [1.807, 2.05) is 0 Å². The lowest BCUT2D eigenvalue weighted by atomic mass is 10.2. The van der Waals surface area contributed by atoms with Crippen LogP contribution in [0.5, 0.6) is 0 Å². The topological polar surface area (TPSA) is 0 Å². The monoisotopic (exact) mass is 372 g/mol. The minimum atomic E-state index is -0.243. The predicted molar refractivity (Wildman–Crippen MR) is 120 cm³/mol. The molecule has 0 aliphatic heterocycles. The molecular weight excluding hydrogens is 338 g/mol. The third-order valence-electron chi connectivity index (χ3n) is 4.52. The molecule has 0 saturated carbocycles. The van der Waals surface area contributed by atoms with Gasteiger partial charge in [-0.1, -0.05) is 110 Å². The van der Waals surface area contributed by atoms with Gasteiger partial charge in [0, 0.05) is 0 Å². The molecule has 0 aliphatic rings. The van der Waals surface area contributed by atoms with Crippen molar-refractivity contribution in [3.05, 3.63) is 60.7 Å². The molecule has 2 heteroatoms. The maximum atomic E-state index is 2.43. The van der Waals surface area contributed by atoms with E-state index < -0.39 is 0 Å². The standard InChI is InChI=1S/C23H34P2/c1-22(2,3)25(23(4,5)6)19-13-18-24(20-14-9-7-10-15-20)21-16-11-8-12-17-21/h7-12,14-17H,13,18-19H2,1-6H3. The summed E-state index contributed by atoms with van der Waals surface area (Å²) in [6, 6.07) is 22.3. The van der Waals surface area contributed by atoms with Crippen molar-refractivity contribution in [3.63, 3.8) is 0 Å². The SMILES string of the molecule is CC(C)(C)P(CCCP(c1ccccc1)c1ccccc1)C(C)(C)C. The average Bonchev–Trinajstić information content (AvgIpc) is 2.54. The maximum absolute atomic E-state index is 2.43. The summed E-state index contributed by atoms with van der Waals surface area (Å²) in [6.07, 6.45) is 4.00. The van der Waals surface area contributed by atoms with E-state index in [9.17, 15) is 0 Å². The van der Waals surface area contributed by atoms with Crippen LogP contribution in [0.1, 0.15) is 48.0 Å². The summed E-state index contributed by atoms with van der Waals surface area (Å²) in [5.74, 6) is 0. The quantitative estimate of drug-likeness (QED) is 0.502. The van der Waals surface area contributed by atoms with Gasteiger partial charge in [0.1, 0.15) is 0 Å². The first-order chi connectivity index (χ1) is 11.7. The lowest BCUT2D eigenvalue weighted by Gasteiger charge is -2.42. The summed E-state index contributed by atoms with van der Waals surface area (Å²) in [7, 11) is -0.244. The molecule has 0 radical (unpaired) electrons. The zero-order chi connectivity index (χ0) is 18.5. The molecule has 0 N–H and O–H groups in total. The molecule has 2 rings (SSSR count). The number of rotatable bonds is 6. The summed E-state index contributed by atoms with van der Waals surface area (Å²) in [5, 5.41) is 3.88. The van der Waals surface area contributed by atoms with Crippen molar-refractivity contribution in [2.24, 2.45) is 0 Å². The summed E-state index contributed by atoms with van der Waals surface area (Å²) in [4.78, 5) is 0. The molecule has 0 spiro atoms. The second kappa shape index (κ2) is 8.79. The Balaban J connectivity index is 2.13. The zero-order valence-electron chi connectivity index (χ0n) is 16.8. The van der Waals surface area contributed by atoms with Gasteiger partial charge in [-0.2, -0.15) is 0 Å². The fourth-order valence-electron chi connectivity index (χ4n) is 3.69. The van der Waals surface area contributed by atoms with E-state index in [0.29, 0.717) is 10.3 Å². The summed E-state index contributed by atoms with van der Waals surface area (Å²) in [6.45, 7) is 14.6. The van der Waals surface area contributed by atoms with E-state index in [4.69, 9.17) is 0 Å². The molecule has 0 unspecified atom stereocenters. The first kappa shape index (κ1) is 20.6. The second-order valence-corrected chi connectivity index (χ2v) is 15.0. The van der Waals surface area contributed by atoms with Crippen molar-refractivity contribution in [3.8, 4) is 0 Å². The molecule has 0 fully saturated rings. The van der Waals surface area contributed by atoms with Gasteiger partial charge in [0.25, 0.3) is 0 Å². The molecule has 0 aliphatic carbocycles. The van der Waals surface area contributed by atoms with Crippen molar-refractivity contribution in [2.75, 3.05) is 12.3 Å². The van der Waals surface area contributed by atoms with E-state index in [1.54, 1.807) is 0 Å². The van der Waals surface area contributed by atoms with Crippen LogP contribution in [0, 0.1) is 0 Å². The Morgan fingerprint density at radius 1 is 0.600 bits per heavy atom. The average molecular weight is 372 g/mol. The molecule has 0 atom stereocenters. The Morgan fingerprint density at radius 3 is 1.36 bits per heavy atom. The molecule has 136 valence electrons. The molecule has 2 aromatic rings. The van der Waals surface area contributed by atoms with Gasteiger partial charge in [-0.25, -0.2) is 0 Å². The van der Waals surface area contributed by atoms with Gasteiger partial charge >= 0.3 is 0 Å². The van der Waals surface area contributed by atoms with E-state index >= 15 is 0 Å². The molecule has 0 amide bonds. The fraction of sp³-hybridized carbons (Fsp3) is 0.478. The molecular formula is C23H34P2. The van der Waals surface area contributed by atoms with Gasteiger partial charge in [-0.05, 0) is 47.6 Å². The number of hydrogen-bond acceptors (Lipinski definition) is 0. The third-order valence-corrected chi connectivity index (χ3v) is 11.1. The third kappa shape index (κ3) is 6.20. The van der Waals surface area contributed by atoms with Crippen LogP contribution in [0.15, 0.2) is 60.7 Å². The van der Waals surface area contributed by atoms with E-state index in [-0.39, 0.29) is 15.8 Å². The largest absolute Gasteiger partial charge is 0.0956 e. The van der Waals surface area contributed by atoms with Crippen LogP contribution in [-0.4, -0.2) is 22.6 Å². The molecule has 0 bridgehead atoms. The lowest BCUT2D eigenvalue weighted by Crippen LogP contribution is -2.27. The Hall–Kier alpha value is -0.700. The van der Waals surface area contributed by atoms with Gasteiger partial charge in [0.05, 0.1) is 0 Å². The van der Waals surface area contributed by atoms with Crippen molar-refractivity contribution >= 4 is 26.5 Å². The smallest absolute Gasteiger partial charge is 0.0175 e. The highest BCUT2D eigenvalue weighted by Crippen LogP contribution is 2.59. The van der Waals surface area contributed by atoms with Gasteiger partial charge in [-0.15, -0.1) is 0 Å². The van der Waals surface area contributed by atoms with Gasteiger partial charge in [0.15, 0.2) is 0 Å². The molecule has 0 heterocycles. The zero-order valence-corrected chi connectivity index (χ0v) is 18.6. The minimum Gasteiger partial charge on any atom is -0.0956 e. The van der Waals surface area contributed by atoms with Crippen LogP contribution in [0.3, 0.4) is 0 Å². The van der Waals surface area contributed by atoms with Crippen LogP contribution in [0.25, 0.3) is 0 Å². The normalized spacial score (nSPS) is 12.8. The van der Waals surface area contributed by atoms with E-state index in [0.717, 1.165) is 0 Å². The van der Waals surface area contributed by atoms with Crippen LogP contribution in [0.2, 0.25) is 0 Å². The number of benzene rings is 2. The first-order valence-corrected chi connectivity index (χ1v) is 12.4. The molecule has 0 aromatic heterocycles. The van der Waals surface area contributed by atoms with Crippen molar-refractivity contribution < 1.29 is 0 Å². The Bertz CT molecular complexity index is 567. The second-order valence-electron chi connectivity index (χ2n) is 8.67. The fourth-order valence-corrected chi connectivity index (χ4v) is 10.1. The van der Waals surface area contributed by atoms with Crippen LogP contribution < -0.4 is 10.6 Å².